The first-order chi connectivity index (χ1) is 9.78. The van der Waals surface area contributed by atoms with Crippen LogP contribution in [0.5, 0.6) is 0 Å². The molecule has 0 spiro atoms. The summed E-state index contributed by atoms with van der Waals surface area (Å²) < 4.78 is 0. The zero-order chi connectivity index (χ0) is 14.4. The molecule has 1 aliphatic rings. The monoisotopic (exact) mass is 275 g/mol. The Labute approximate surface area is 121 Å². The van der Waals surface area contributed by atoms with Gasteiger partial charge in [0.05, 0.1) is 0 Å². The summed E-state index contributed by atoms with van der Waals surface area (Å²) in [5, 5.41) is 18.8. The summed E-state index contributed by atoms with van der Waals surface area (Å²) in [5.41, 5.74) is 2.60. The number of aliphatic hydroxyl groups is 2. The second kappa shape index (κ2) is 7.58. The van der Waals surface area contributed by atoms with Crippen molar-refractivity contribution < 1.29 is 10.2 Å². The molecular formula is C17H25NO2. The summed E-state index contributed by atoms with van der Waals surface area (Å²) in [5.74, 6) is 0.414. The molecule has 1 fully saturated rings. The van der Waals surface area contributed by atoms with Crippen LogP contribution in [0.1, 0.15) is 18.9 Å². The predicted octanol–water partition coefficient (Wildman–Crippen LogP) is 2.01. The third-order valence-electron chi connectivity index (χ3n) is 4.11. The van der Waals surface area contributed by atoms with Crippen molar-refractivity contribution in [2.24, 2.45) is 11.8 Å². The molecule has 3 nitrogen and oxygen atoms in total. The molecule has 2 N–H and O–H groups in total. The van der Waals surface area contributed by atoms with Gasteiger partial charge in [-0.2, -0.15) is 0 Å². The van der Waals surface area contributed by atoms with Crippen molar-refractivity contribution in [1.82, 2.24) is 4.90 Å². The maximum atomic E-state index is 9.39. The van der Waals surface area contributed by atoms with E-state index in [1.54, 1.807) is 0 Å². The second-order valence-corrected chi connectivity index (χ2v) is 5.58. The first-order valence-corrected chi connectivity index (χ1v) is 7.47. The molecule has 1 saturated heterocycles. The van der Waals surface area contributed by atoms with Gasteiger partial charge in [0.25, 0.3) is 0 Å². The molecule has 1 heterocycles. The lowest BCUT2D eigenvalue weighted by atomic mass is 9.98. The maximum absolute atomic E-state index is 9.39. The van der Waals surface area contributed by atoms with Crippen LogP contribution in [0, 0.1) is 11.8 Å². The number of hydrogen-bond acceptors (Lipinski definition) is 3. The molecule has 20 heavy (non-hydrogen) atoms. The second-order valence-electron chi connectivity index (χ2n) is 5.58. The maximum Gasteiger partial charge on any atom is 0.0475 e. The summed E-state index contributed by atoms with van der Waals surface area (Å²) >= 11 is 0. The molecule has 2 atom stereocenters. The van der Waals surface area contributed by atoms with Crippen LogP contribution in [-0.4, -0.2) is 48.0 Å². The standard InChI is InChI=1S/C17H25NO2/c1-2-6-15(14-7-4-3-5-8-14)9-18-10-16(12-19)17(11-18)13-20/h3-8,16-17,19-20H,2,9-13H2,1H3/t16-,17-/m0/s1. The smallest absolute Gasteiger partial charge is 0.0475 e. The van der Waals surface area contributed by atoms with Crippen molar-refractivity contribution in [3.8, 4) is 0 Å². The highest BCUT2D eigenvalue weighted by Gasteiger charge is 2.31. The van der Waals surface area contributed by atoms with E-state index in [-0.39, 0.29) is 25.0 Å². The van der Waals surface area contributed by atoms with Gasteiger partial charge in [0.2, 0.25) is 0 Å². The topological polar surface area (TPSA) is 43.7 Å². The van der Waals surface area contributed by atoms with Crippen LogP contribution >= 0.6 is 0 Å². The van der Waals surface area contributed by atoms with E-state index in [4.69, 9.17) is 0 Å². The van der Waals surface area contributed by atoms with Crippen LogP contribution in [0.4, 0.5) is 0 Å². The first kappa shape index (κ1) is 15.2. The Morgan fingerprint density at radius 1 is 1.15 bits per heavy atom. The van der Waals surface area contributed by atoms with E-state index in [2.05, 4.69) is 42.2 Å². The number of hydrogen-bond donors (Lipinski definition) is 2. The molecule has 1 aliphatic heterocycles. The normalized spacial score (nSPS) is 24.2. The molecule has 0 unspecified atom stereocenters. The third kappa shape index (κ3) is 3.69. The van der Waals surface area contributed by atoms with Crippen LogP contribution in [0.3, 0.4) is 0 Å². The largest absolute Gasteiger partial charge is 0.396 e. The lowest BCUT2D eigenvalue weighted by molar-refractivity contribution is 0.152. The van der Waals surface area contributed by atoms with Crippen molar-refractivity contribution in [1.29, 1.82) is 0 Å². The molecule has 2 rings (SSSR count). The Morgan fingerprint density at radius 2 is 1.75 bits per heavy atom. The Hall–Kier alpha value is -1.16. The number of benzene rings is 1. The highest BCUT2D eigenvalue weighted by molar-refractivity contribution is 5.66. The van der Waals surface area contributed by atoms with Crippen LogP contribution in [0.15, 0.2) is 36.4 Å². The molecule has 1 aromatic rings. The zero-order valence-electron chi connectivity index (χ0n) is 12.2. The fraction of sp³-hybridized carbons (Fsp3) is 0.529. The van der Waals surface area contributed by atoms with E-state index in [0.717, 1.165) is 26.1 Å². The van der Waals surface area contributed by atoms with Crippen molar-refractivity contribution in [2.75, 3.05) is 32.8 Å². The number of allylic oxidation sites excluding steroid dienone is 1. The molecule has 0 radical (unpaired) electrons. The number of rotatable bonds is 6. The molecule has 0 saturated carbocycles. The van der Waals surface area contributed by atoms with Gasteiger partial charge in [-0.15, -0.1) is 0 Å². The molecule has 0 amide bonds. The van der Waals surface area contributed by atoms with Crippen LogP contribution in [0.25, 0.3) is 5.57 Å². The average Bonchev–Trinajstić information content (AvgIpc) is 2.90. The summed E-state index contributed by atoms with van der Waals surface area (Å²) in [7, 11) is 0. The lowest BCUT2D eigenvalue weighted by Gasteiger charge is -2.18. The summed E-state index contributed by atoms with van der Waals surface area (Å²) in [6, 6.07) is 10.5. The van der Waals surface area contributed by atoms with Crippen molar-refractivity contribution in [3.05, 3.63) is 42.0 Å². The minimum atomic E-state index is 0.167. The Morgan fingerprint density at radius 3 is 2.25 bits per heavy atom. The average molecular weight is 275 g/mol. The van der Waals surface area contributed by atoms with Gasteiger partial charge in [-0.25, -0.2) is 0 Å². The van der Waals surface area contributed by atoms with Gasteiger partial charge in [0.15, 0.2) is 0 Å². The molecule has 0 aromatic heterocycles. The SMILES string of the molecule is CCC=C(CN1C[C@@H](CO)[C@H](CO)C1)c1ccccc1. The summed E-state index contributed by atoms with van der Waals surface area (Å²) in [4.78, 5) is 2.34. The minimum Gasteiger partial charge on any atom is -0.396 e. The zero-order valence-corrected chi connectivity index (χ0v) is 12.2. The van der Waals surface area contributed by atoms with E-state index in [9.17, 15) is 10.2 Å². The van der Waals surface area contributed by atoms with Gasteiger partial charge >= 0.3 is 0 Å². The fourth-order valence-electron chi connectivity index (χ4n) is 2.99. The van der Waals surface area contributed by atoms with Crippen LogP contribution < -0.4 is 0 Å². The Bertz CT molecular complexity index is 418. The number of likely N-dealkylation sites (tertiary alicyclic amines) is 1. The van der Waals surface area contributed by atoms with Gasteiger partial charge in [-0.05, 0) is 17.6 Å². The lowest BCUT2D eigenvalue weighted by Crippen LogP contribution is -2.23. The quantitative estimate of drug-likeness (QED) is 0.834. The van der Waals surface area contributed by atoms with E-state index < -0.39 is 0 Å². The molecule has 0 aliphatic carbocycles. The molecule has 110 valence electrons. The van der Waals surface area contributed by atoms with E-state index in [1.165, 1.54) is 11.1 Å². The Kier molecular flexibility index (Phi) is 5.77. The Balaban J connectivity index is 2.05. The van der Waals surface area contributed by atoms with Crippen molar-refractivity contribution in [2.45, 2.75) is 13.3 Å². The number of aliphatic hydroxyl groups excluding tert-OH is 2. The predicted molar refractivity (Wildman–Crippen MR) is 82.3 cm³/mol. The van der Waals surface area contributed by atoms with E-state index in [0.29, 0.717) is 0 Å². The van der Waals surface area contributed by atoms with E-state index >= 15 is 0 Å². The van der Waals surface area contributed by atoms with Crippen molar-refractivity contribution >= 4 is 5.57 Å². The fourth-order valence-corrected chi connectivity index (χ4v) is 2.99. The van der Waals surface area contributed by atoms with Crippen LogP contribution in [-0.2, 0) is 0 Å². The third-order valence-corrected chi connectivity index (χ3v) is 4.11. The van der Waals surface area contributed by atoms with E-state index in [1.807, 2.05) is 6.07 Å². The minimum absolute atomic E-state index is 0.167. The molecule has 0 bridgehead atoms. The highest BCUT2D eigenvalue weighted by atomic mass is 16.3. The molecular weight excluding hydrogens is 250 g/mol. The highest BCUT2D eigenvalue weighted by Crippen LogP contribution is 2.25. The van der Waals surface area contributed by atoms with Crippen molar-refractivity contribution in [3.63, 3.8) is 0 Å². The van der Waals surface area contributed by atoms with Gasteiger partial charge in [-0.1, -0.05) is 43.3 Å². The summed E-state index contributed by atoms with van der Waals surface area (Å²) in [6.07, 6.45) is 3.29. The first-order valence-electron chi connectivity index (χ1n) is 7.47. The van der Waals surface area contributed by atoms with Gasteiger partial charge < -0.3 is 10.2 Å². The van der Waals surface area contributed by atoms with Gasteiger partial charge in [-0.3, -0.25) is 4.90 Å². The van der Waals surface area contributed by atoms with Gasteiger partial charge in [0.1, 0.15) is 0 Å². The summed E-state index contributed by atoms with van der Waals surface area (Å²) in [6.45, 7) is 5.12. The molecule has 3 heteroatoms. The number of nitrogens with zero attached hydrogens (tertiary/aromatic N) is 1. The van der Waals surface area contributed by atoms with Crippen LogP contribution in [0.2, 0.25) is 0 Å². The van der Waals surface area contributed by atoms with Gasteiger partial charge in [0, 0.05) is 44.7 Å². The molecule has 1 aromatic carbocycles.